The molecule has 1 fully saturated rings. The molecule has 1 atom stereocenters. The molecule has 1 amide bonds. The minimum atomic E-state index is 0.0102. The third-order valence-electron chi connectivity index (χ3n) is 4.36. The monoisotopic (exact) mass is 304 g/mol. The number of rotatable bonds is 5. The number of hydrogen-bond acceptors (Lipinski definition) is 4. The SMILES string of the molecule is CC(C)C(=O)NCC(c1ccc2c(c1)OCO2)N1CCCC1. The molecule has 1 saturated heterocycles. The Kier molecular flexibility index (Phi) is 4.52. The average molecular weight is 304 g/mol. The fraction of sp³-hybridized carbons (Fsp3) is 0.588. The third kappa shape index (κ3) is 3.19. The molecular weight excluding hydrogens is 280 g/mol. The fourth-order valence-corrected chi connectivity index (χ4v) is 3.03. The van der Waals surface area contributed by atoms with E-state index in [-0.39, 0.29) is 24.7 Å². The summed E-state index contributed by atoms with van der Waals surface area (Å²) in [6.45, 7) is 6.92. The minimum Gasteiger partial charge on any atom is -0.454 e. The van der Waals surface area contributed by atoms with Gasteiger partial charge in [0.2, 0.25) is 12.7 Å². The molecule has 1 aromatic carbocycles. The Hall–Kier alpha value is -1.75. The fourth-order valence-electron chi connectivity index (χ4n) is 3.03. The number of nitrogens with one attached hydrogen (secondary N) is 1. The first-order valence-electron chi connectivity index (χ1n) is 8.06. The van der Waals surface area contributed by atoms with Crippen molar-refractivity contribution in [2.24, 2.45) is 5.92 Å². The molecule has 5 nitrogen and oxygen atoms in total. The number of hydrogen-bond donors (Lipinski definition) is 1. The number of likely N-dealkylation sites (tertiary alicyclic amines) is 1. The molecule has 2 aliphatic rings. The van der Waals surface area contributed by atoms with E-state index in [1.807, 2.05) is 26.0 Å². The van der Waals surface area contributed by atoms with Crippen LogP contribution in [-0.4, -0.2) is 37.2 Å². The van der Waals surface area contributed by atoms with Gasteiger partial charge in [-0.05, 0) is 43.6 Å². The van der Waals surface area contributed by atoms with Gasteiger partial charge in [0.05, 0.1) is 6.04 Å². The van der Waals surface area contributed by atoms with E-state index >= 15 is 0 Å². The van der Waals surface area contributed by atoms with Crippen molar-refractivity contribution in [3.8, 4) is 11.5 Å². The molecule has 1 unspecified atom stereocenters. The van der Waals surface area contributed by atoms with E-state index in [1.165, 1.54) is 18.4 Å². The second-order valence-electron chi connectivity index (χ2n) is 6.27. The number of fused-ring (bicyclic) bond motifs is 1. The first-order valence-corrected chi connectivity index (χ1v) is 8.06. The number of ether oxygens (including phenoxy) is 2. The summed E-state index contributed by atoms with van der Waals surface area (Å²) in [5.41, 5.74) is 1.18. The van der Waals surface area contributed by atoms with Gasteiger partial charge in [-0.1, -0.05) is 19.9 Å². The Bertz CT molecular complexity index is 539. The number of nitrogens with zero attached hydrogens (tertiary/aromatic N) is 1. The van der Waals surface area contributed by atoms with Crippen LogP contribution < -0.4 is 14.8 Å². The van der Waals surface area contributed by atoms with Gasteiger partial charge in [-0.2, -0.15) is 0 Å². The summed E-state index contributed by atoms with van der Waals surface area (Å²) < 4.78 is 10.9. The third-order valence-corrected chi connectivity index (χ3v) is 4.36. The normalized spacial score (nSPS) is 18.7. The molecule has 0 radical (unpaired) electrons. The lowest BCUT2D eigenvalue weighted by Gasteiger charge is -2.28. The van der Waals surface area contributed by atoms with Crippen LogP contribution in [0.3, 0.4) is 0 Å². The number of benzene rings is 1. The summed E-state index contributed by atoms with van der Waals surface area (Å²) in [4.78, 5) is 14.3. The zero-order valence-corrected chi connectivity index (χ0v) is 13.3. The highest BCUT2D eigenvalue weighted by Crippen LogP contribution is 2.36. The molecule has 0 bridgehead atoms. The van der Waals surface area contributed by atoms with Gasteiger partial charge in [-0.15, -0.1) is 0 Å². The van der Waals surface area contributed by atoms with Gasteiger partial charge in [0.15, 0.2) is 11.5 Å². The van der Waals surface area contributed by atoms with E-state index in [0.717, 1.165) is 24.6 Å². The molecule has 0 aliphatic carbocycles. The Morgan fingerprint density at radius 2 is 1.95 bits per heavy atom. The maximum absolute atomic E-state index is 11.9. The Balaban J connectivity index is 1.77. The van der Waals surface area contributed by atoms with E-state index in [2.05, 4.69) is 16.3 Å². The minimum absolute atomic E-state index is 0.0102. The van der Waals surface area contributed by atoms with Gasteiger partial charge in [0, 0.05) is 12.5 Å². The van der Waals surface area contributed by atoms with Crippen LogP contribution >= 0.6 is 0 Å². The van der Waals surface area contributed by atoms with E-state index in [4.69, 9.17) is 9.47 Å². The first kappa shape index (κ1) is 15.2. The van der Waals surface area contributed by atoms with Gasteiger partial charge >= 0.3 is 0 Å². The number of carbonyl (C=O) groups is 1. The molecule has 5 heteroatoms. The van der Waals surface area contributed by atoms with Crippen molar-refractivity contribution >= 4 is 5.91 Å². The summed E-state index contributed by atoms with van der Waals surface area (Å²) in [5, 5.41) is 3.07. The summed E-state index contributed by atoms with van der Waals surface area (Å²) in [6, 6.07) is 6.29. The molecule has 1 aromatic rings. The standard InChI is InChI=1S/C17H24N2O3/c1-12(2)17(20)18-10-14(19-7-3-4-8-19)13-5-6-15-16(9-13)22-11-21-15/h5-6,9,12,14H,3-4,7-8,10-11H2,1-2H3,(H,18,20). The van der Waals surface area contributed by atoms with Crippen molar-refractivity contribution in [1.82, 2.24) is 10.2 Å². The Morgan fingerprint density at radius 3 is 2.68 bits per heavy atom. The lowest BCUT2D eigenvalue weighted by molar-refractivity contribution is -0.124. The maximum atomic E-state index is 11.9. The summed E-state index contributed by atoms with van der Waals surface area (Å²) in [6.07, 6.45) is 2.44. The van der Waals surface area contributed by atoms with Crippen molar-refractivity contribution < 1.29 is 14.3 Å². The van der Waals surface area contributed by atoms with Gasteiger partial charge < -0.3 is 14.8 Å². The smallest absolute Gasteiger partial charge is 0.231 e. The van der Waals surface area contributed by atoms with E-state index in [9.17, 15) is 4.79 Å². The van der Waals surface area contributed by atoms with E-state index in [0.29, 0.717) is 6.54 Å². The Morgan fingerprint density at radius 1 is 1.23 bits per heavy atom. The van der Waals surface area contributed by atoms with Crippen LogP contribution in [0.1, 0.15) is 38.3 Å². The lowest BCUT2D eigenvalue weighted by atomic mass is 10.0. The lowest BCUT2D eigenvalue weighted by Crippen LogP contribution is -2.38. The van der Waals surface area contributed by atoms with Crippen LogP contribution in [0.2, 0.25) is 0 Å². The van der Waals surface area contributed by atoms with Gasteiger partial charge in [-0.3, -0.25) is 9.69 Å². The van der Waals surface area contributed by atoms with Crippen molar-refractivity contribution in [2.45, 2.75) is 32.7 Å². The second kappa shape index (κ2) is 6.57. The molecule has 2 aliphatic heterocycles. The predicted molar refractivity (Wildman–Crippen MR) is 84.0 cm³/mol. The predicted octanol–water partition coefficient (Wildman–Crippen LogP) is 2.32. The first-order chi connectivity index (χ1) is 10.6. The van der Waals surface area contributed by atoms with Crippen molar-refractivity contribution in [3.05, 3.63) is 23.8 Å². The molecule has 0 spiro atoms. The summed E-state index contributed by atoms with van der Waals surface area (Å²) >= 11 is 0. The highest BCUT2D eigenvalue weighted by molar-refractivity contribution is 5.77. The van der Waals surface area contributed by atoms with Gasteiger partial charge in [0.1, 0.15) is 0 Å². The molecule has 0 aromatic heterocycles. The molecule has 22 heavy (non-hydrogen) atoms. The zero-order chi connectivity index (χ0) is 15.5. The van der Waals surface area contributed by atoms with E-state index in [1.54, 1.807) is 0 Å². The van der Waals surface area contributed by atoms with Crippen LogP contribution in [0.15, 0.2) is 18.2 Å². The molecule has 3 rings (SSSR count). The zero-order valence-electron chi connectivity index (χ0n) is 13.3. The van der Waals surface area contributed by atoms with Crippen LogP contribution in [0.25, 0.3) is 0 Å². The molecular formula is C17H24N2O3. The summed E-state index contributed by atoms with van der Waals surface area (Å²) in [7, 11) is 0. The topological polar surface area (TPSA) is 50.8 Å². The van der Waals surface area contributed by atoms with E-state index < -0.39 is 0 Å². The van der Waals surface area contributed by atoms with Gasteiger partial charge in [-0.25, -0.2) is 0 Å². The second-order valence-corrected chi connectivity index (χ2v) is 6.27. The van der Waals surface area contributed by atoms with Crippen molar-refractivity contribution in [2.75, 3.05) is 26.4 Å². The van der Waals surface area contributed by atoms with Crippen LogP contribution in [-0.2, 0) is 4.79 Å². The van der Waals surface area contributed by atoms with Crippen molar-refractivity contribution in [1.29, 1.82) is 0 Å². The maximum Gasteiger partial charge on any atom is 0.231 e. The number of amides is 1. The van der Waals surface area contributed by atoms with Gasteiger partial charge in [0.25, 0.3) is 0 Å². The molecule has 120 valence electrons. The quantitative estimate of drug-likeness (QED) is 0.907. The summed E-state index contributed by atoms with van der Waals surface area (Å²) in [5.74, 6) is 1.72. The highest BCUT2D eigenvalue weighted by Gasteiger charge is 2.26. The molecule has 0 saturated carbocycles. The average Bonchev–Trinajstić information content (AvgIpc) is 3.17. The van der Waals surface area contributed by atoms with Crippen LogP contribution in [0.4, 0.5) is 0 Å². The van der Waals surface area contributed by atoms with Crippen LogP contribution in [0.5, 0.6) is 11.5 Å². The Labute approximate surface area is 131 Å². The highest BCUT2D eigenvalue weighted by atomic mass is 16.7. The molecule has 1 N–H and O–H groups in total. The molecule has 2 heterocycles. The van der Waals surface area contributed by atoms with Crippen molar-refractivity contribution in [3.63, 3.8) is 0 Å². The number of carbonyl (C=O) groups excluding carboxylic acids is 1. The van der Waals surface area contributed by atoms with Crippen LogP contribution in [0, 0.1) is 5.92 Å². The largest absolute Gasteiger partial charge is 0.454 e.